The van der Waals surface area contributed by atoms with Crippen molar-refractivity contribution in [2.24, 2.45) is 5.73 Å². The van der Waals surface area contributed by atoms with Crippen LogP contribution in [-0.2, 0) is 4.79 Å². The van der Waals surface area contributed by atoms with Crippen LogP contribution < -0.4 is 16.5 Å². The molecule has 2 aromatic rings. The van der Waals surface area contributed by atoms with E-state index < -0.39 is 5.91 Å². The summed E-state index contributed by atoms with van der Waals surface area (Å²) < 4.78 is 0.872. The maximum Gasteiger partial charge on any atom is 0.289 e. The molecule has 0 saturated heterocycles. The largest absolute Gasteiger partial charge is 0.369 e. The van der Waals surface area contributed by atoms with Crippen LogP contribution in [0.5, 0.6) is 0 Å². The number of aromatic nitrogens is 1. The van der Waals surface area contributed by atoms with E-state index >= 15 is 0 Å². The molecular formula is C15H11BrN5OS+. The van der Waals surface area contributed by atoms with Crippen LogP contribution in [0.4, 0.5) is 5.82 Å². The Labute approximate surface area is 145 Å². The highest BCUT2D eigenvalue weighted by molar-refractivity contribution is 9.10. The summed E-state index contributed by atoms with van der Waals surface area (Å²) in [7, 11) is 0. The number of rotatable bonds is 4. The molecule has 1 aromatic carbocycles. The van der Waals surface area contributed by atoms with Gasteiger partial charge >= 0.3 is 0 Å². The number of carbonyl (C=O) groups is 1. The summed E-state index contributed by atoms with van der Waals surface area (Å²) in [5.74, 6) is -0.382. The zero-order valence-corrected chi connectivity index (χ0v) is 14.2. The van der Waals surface area contributed by atoms with Crippen LogP contribution in [-0.4, -0.2) is 11.7 Å². The van der Waals surface area contributed by atoms with E-state index in [4.69, 9.17) is 11.5 Å². The van der Waals surface area contributed by atoms with Crippen LogP contribution >= 0.6 is 27.7 Å². The van der Waals surface area contributed by atoms with E-state index in [-0.39, 0.29) is 22.7 Å². The minimum absolute atomic E-state index is 0.00367. The molecule has 114 valence electrons. The molecule has 5 N–H and O–H groups in total. The van der Waals surface area contributed by atoms with Crippen molar-refractivity contribution in [3.8, 4) is 23.3 Å². The number of nitrogen functional groups attached to an aromatic ring is 1. The number of pyridine rings is 1. The molecule has 6 nitrogen and oxygen atoms in total. The Hall–Kier alpha value is -2.55. The van der Waals surface area contributed by atoms with Gasteiger partial charge in [0.15, 0.2) is 5.03 Å². The second-order valence-corrected chi connectivity index (χ2v) is 6.38. The third kappa shape index (κ3) is 3.62. The summed E-state index contributed by atoms with van der Waals surface area (Å²) in [5, 5.41) is 19.3. The van der Waals surface area contributed by atoms with Crippen molar-refractivity contribution in [3.63, 3.8) is 0 Å². The number of hydrogen-bond donors (Lipinski definition) is 2. The molecule has 0 saturated carbocycles. The molecule has 0 spiro atoms. The fourth-order valence-electron chi connectivity index (χ4n) is 2.00. The molecule has 8 heteroatoms. The first kappa shape index (κ1) is 16.8. The molecule has 1 heterocycles. The molecular weight excluding hydrogens is 378 g/mol. The zero-order chi connectivity index (χ0) is 17.0. The normalized spacial score (nSPS) is 9.87. The highest BCUT2D eigenvalue weighted by Gasteiger charge is 2.24. The third-order valence-electron chi connectivity index (χ3n) is 2.96. The first-order chi connectivity index (χ1) is 11.0. The number of hydrogen-bond acceptors (Lipinski definition) is 5. The van der Waals surface area contributed by atoms with Crippen molar-refractivity contribution in [2.75, 3.05) is 11.5 Å². The first-order valence-electron chi connectivity index (χ1n) is 6.34. The van der Waals surface area contributed by atoms with Gasteiger partial charge in [-0.1, -0.05) is 39.8 Å². The van der Waals surface area contributed by atoms with E-state index in [2.05, 4.69) is 27.0 Å². The Bertz CT molecular complexity index is 852. The Morgan fingerprint density at radius 1 is 1.22 bits per heavy atom. The third-order valence-corrected chi connectivity index (χ3v) is 4.51. The summed E-state index contributed by atoms with van der Waals surface area (Å²) in [6, 6.07) is 11.3. The van der Waals surface area contributed by atoms with Gasteiger partial charge in [0.2, 0.25) is 5.91 Å². The number of nitriles is 2. The number of carbonyl (C=O) groups excluding carboxylic acids is 1. The van der Waals surface area contributed by atoms with Crippen LogP contribution in [0.1, 0.15) is 11.1 Å². The second-order valence-electron chi connectivity index (χ2n) is 4.48. The number of benzene rings is 1. The maximum absolute atomic E-state index is 11.0. The first-order valence-corrected chi connectivity index (χ1v) is 8.11. The van der Waals surface area contributed by atoms with Gasteiger partial charge in [-0.2, -0.15) is 10.5 Å². The topological polar surface area (TPSA) is 131 Å². The van der Waals surface area contributed by atoms with Crippen molar-refractivity contribution >= 4 is 39.4 Å². The lowest BCUT2D eigenvalue weighted by atomic mass is 9.97. The standard InChI is InChI=1S/C15H10BrN5OS/c16-9-3-1-8(2-4-9)13-10(5-17)14(20)21-15(11(13)6-18)23-7-12(19)22/h1-4H,7H2,(H2,19,22)(H2,20,21)/p+1. The summed E-state index contributed by atoms with van der Waals surface area (Å²) in [6.07, 6.45) is 0. The Kier molecular flexibility index (Phi) is 5.22. The lowest BCUT2D eigenvalue weighted by Crippen LogP contribution is -2.20. The van der Waals surface area contributed by atoms with Gasteiger partial charge in [0.1, 0.15) is 23.3 Å². The molecule has 0 radical (unpaired) electrons. The summed E-state index contributed by atoms with van der Waals surface area (Å²) >= 11 is 4.42. The fraction of sp³-hybridized carbons (Fsp3) is 0.0667. The minimum atomic E-state index is -0.514. The molecule has 0 fully saturated rings. The number of amides is 1. The molecule has 0 aliphatic rings. The van der Waals surface area contributed by atoms with Gasteiger partial charge in [-0.05, 0) is 17.7 Å². The molecule has 23 heavy (non-hydrogen) atoms. The molecule has 0 atom stereocenters. The van der Waals surface area contributed by atoms with Crippen LogP contribution in [0.15, 0.2) is 33.8 Å². The molecule has 0 bridgehead atoms. The number of nitrogens with zero attached hydrogens (tertiary/aromatic N) is 2. The quantitative estimate of drug-likeness (QED) is 0.771. The smallest absolute Gasteiger partial charge is 0.289 e. The van der Waals surface area contributed by atoms with E-state index in [1.807, 2.05) is 6.07 Å². The highest BCUT2D eigenvalue weighted by atomic mass is 79.9. The Morgan fingerprint density at radius 3 is 2.35 bits per heavy atom. The number of thioether (sulfide) groups is 1. The van der Waals surface area contributed by atoms with E-state index in [0.29, 0.717) is 16.2 Å². The van der Waals surface area contributed by atoms with Gasteiger partial charge in [0.05, 0.1) is 5.75 Å². The average molecular weight is 389 g/mol. The second kappa shape index (κ2) is 7.14. The highest BCUT2D eigenvalue weighted by Crippen LogP contribution is 2.34. The Balaban J connectivity index is 2.71. The van der Waals surface area contributed by atoms with E-state index in [9.17, 15) is 15.3 Å². The van der Waals surface area contributed by atoms with Gasteiger partial charge in [0.25, 0.3) is 5.82 Å². The summed E-state index contributed by atoms with van der Waals surface area (Å²) in [6.45, 7) is 0. The number of nitrogens with two attached hydrogens (primary N) is 2. The molecule has 0 aliphatic heterocycles. The number of halogens is 1. The van der Waals surface area contributed by atoms with Crippen molar-refractivity contribution in [3.05, 3.63) is 39.9 Å². The number of primary amides is 1. The van der Waals surface area contributed by atoms with Crippen molar-refractivity contribution in [1.29, 1.82) is 10.5 Å². The number of aromatic amines is 1. The average Bonchev–Trinajstić information content (AvgIpc) is 2.53. The molecule has 2 rings (SSSR count). The zero-order valence-electron chi connectivity index (χ0n) is 11.8. The predicted octanol–water partition coefficient (Wildman–Crippen LogP) is 1.83. The minimum Gasteiger partial charge on any atom is -0.369 e. The van der Waals surface area contributed by atoms with Gasteiger partial charge in [-0.3, -0.25) is 10.5 Å². The van der Waals surface area contributed by atoms with Gasteiger partial charge in [-0.15, -0.1) is 0 Å². The van der Waals surface area contributed by atoms with Gasteiger partial charge in [0, 0.05) is 10.0 Å². The van der Waals surface area contributed by atoms with Gasteiger partial charge in [-0.25, -0.2) is 4.98 Å². The van der Waals surface area contributed by atoms with Crippen LogP contribution in [0.25, 0.3) is 11.1 Å². The Morgan fingerprint density at radius 2 is 1.83 bits per heavy atom. The van der Waals surface area contributed by atoms with Crippen LogP contribution in [0.2, 0.25) is 0 Å². The SMILES string of the molecule is N#Cc1c(N)[nH+]c(SCC(N)=O)c(C#N)c1-c1ccc(Br)cc1. The predicted molar refractivity (Wildman–Crippen MR) is 89.9 cm³/mol. The summed E-state index contributed by atoms with van der Waals surface area (Å²) in [4.78, 5) is 13.8. The van der Waals surface area contributed by atoms with Crippen molar-refractivity contribution in [1.82, 2.24) is 0 Å². The number of H-pyrrole nitrogens is 1. The number of anilines is 1. The number of nitrogens with one attached hydrogen (secondary N) is 1. The van der Waals surface area contributed by atoms with E-state index in [1.165, 1.54) is 0 Å². The molecule has 1 amide bonds. The van der Waals surface area contributed by atoms with Crippen molar-refractivity contribution in [2.45, 2.75) is 5.03 Å². The van der Waals surface area contributed by atoms with Crippen LogP contribution in [0.3, 0.4) is 0 Å². The summed E-state index contributed by atoms with van der Waals surface area (Å²) in [5.41, 5.74) is 12.6. The van der Waals surface area contributed by atoms with E-state index in [0.717, 1.165) is 16.2 Å². The fourth-order valence-corrected chi connectivity index (χ4v) is 3.03. The molecule has 0 aliphatic carbocycles. The van der Waals surface area contributed by atoms with Gasteiger partial charge < -0.3 is 5.73 Å². The lowest BCUT2D eigenvalue weighted by Gasteiger charge is -2.10. The lowest BCUT2D eigenvalue weighted by molar-refractivity contribution is -0.410. The monoisotopic (exact) mass is 388 g/mol. The van der Waals surface area contributed by atoms with Crippen LogP contribution in [0, 0.1) is 22.7 Å². The molecule has 0 unspecified atom stereocenters. The van der Waals surface area contributed by atoms with E-state index in [1.54, 1.807) is 24.3 Å². The molecule has 1 aromatic heterocycles. The van der Waals surface area contributed by atoms with Crippen molar-refractivity contribution < 1.29 is 9.78 Å². The maximum atomic E-state index is 11.0.